The molecule has 46 heavy (non-hydrogen) atoms. The van der Waals surface area contributed by atoms with Gasteiger partial charge >= 0.3 is 0 Å². The molecule has 5 heteroatoms. The van der Waals surface area contributed by atoms with Crippen LogP contribution in [0.3, 0.4) is 0 Å². The highest BCUT2D eigenvalue weighted by Crippen LogP contribution is 2.40. The first-order valence-corrected chi connectivity index (χ1v) is 18.9. The number of hydrogen-bond acceptors (Lipinski definition) is 5. The van der Waals surface area contributed by atoms with Crippen molar-refractivity contribution in [2.45, 2.75) is 109 Å². The Hall–Kier alpha value is -3.02. The van der Waals surface area contributed by atoms with E-state index in [4.69, 9.17) is 14.0 Å². The minimum atomic E-state index is -0.783. The first kappa shape index (κ1) is 35.8. The number of nitrogens with zero attached hydrogens (tertiary/aromatic N) is 1. The molecule has 4 aromatic rings. The average molecular weight is 642 g/mol. The second-order valence-electron chi connectivity index (χ2n) is 12.3. The van der Waals surface area contributed by atoms with Crippen LogP contribution in [0.5, 0.6) is 5.88 Å². The molecule has 1 aromatic heterocycles. The van der Waals surface area contributed by atoms with E-state index >= 15 is 0 Å². The third kappa shape index (κ3) is 12.0. The molecule has 3 aromatic carbocycles. The molecular formula is C41H55NO3S. The van der Waals surface area contributed by atoms with E-state index in [2.05, 4.69) is 103 Å². The van der Waals surface area contributed by atoms with Crippen LogP contribution in [0.15, 0.2) is 108 Å². The van der Waals surface area contributed by atoms with Crippen molar-refractivity contribution in [3.63, 3.8) is 0 Å². The van der Waals surface area contributed by atoms with Crippen LogP contribution in [0.1, 0.15) is 114 Å². The van der Waals surface area contributed by atoms with Crippen molar-refractivity contribution in [2.24, 2.45) is 0 Å². The summed E-state index contributed by atoms with van der Waals surface area (Å²) in [6.07, 6.45) is 20.7. The molecular weight excluding hydrogens is 587 g/mol. The van der Waals surface area contributed by atoms with Crippen LogP contribution >= 0.6 is 11.8 Å². The van der Waals surface area contributed by atoms with Gasteiger partial charge in [-0.05, 0) is 34.0 Å². The van der Waals surface area contributed by atoms with Crippen molar-refractivity contribution in [1.29, 1.82) is 0 Å². The van der Waals surface area contributed by atoms with E-state index in [1.807, 2.05) is 11.8 Å². The SMILES string of the molecule is CCCCCCCCCCCCCCCCSCC(COC(c1ccccc1)(c1ccccc1)c1ccccc1)Oc1ccon1. The third-order valence-corrected chi connectivity index (χ3v) is 9.86. The van der Waals surface area contributed by atoms with Gasteiger partial charge in [0.05, 0.1) is 6.61 Å². The lowest BCUT2D eigenvalue weighted by molar-refractivity contribution is -0.0259. The zero-order chi connectivity index (χ0) is 32.0. The predicted molar refractivity (Wildman–Crippen MR) is 194 cm³/mol. The van der Waals surface area contributed by atoms with Gasteiger partial charge in [0.25, 0.3) is 5.88 Å². The number of unbranched alkanes of at least 4 members (excludes halogenated alkanes) is 13. The smallest absolute Gasteiger partial charge is 0.254 e. The minimum Gasteiger partial charge on any atom is -0.469 e. The first-order valence-electron chi connectivity index (χ1n) is 17.8. The molecule has 0 saturated heterocycles. The van der Waals surface area contributed by atoms with E-state index in [1.54, 1.807) is 12.3 Å². The molecule has 0 amide bonds. The van der Waals surface area contributed by atoms with E-state index in [0.29, 0.717) is 12.5 Å². The molecule has 0 spiro atoms. The number of thioether (sulfide) groups is 1. The number of hydrogen-bond donors (Lipinski definition) is 0. The van der Waals surface area contributed by atoms with Crippen LogP contribution in [-0.2, 0) is 10.3 Å². The highest BCUT2D eigenvalue weighted by Gasteiger charge is 2.38. The number of ether oxygens (including phenoxy) is 2. The van der Waals surface area contributed by atoms with Crippen molar-refractivity contribution in [1.82, 2.24) is 5.16 Å². The van der Waals surface area contributed by atoms with Crippen molar-refractivity contribution in [3.8, 4) is 5.88 Å². The van der Waals surface area contributed by atoms with Crippen molar-refractivity contribution in [3.05, 3.63) is 120 Å². The molecule has 0 N–H and O–H groups in total. The summed E-state index contributed by atoms with van der Waals surface area (Å²) in [6.45, 7) is 2.69. The quantitative estimate of drug-likeness (QED) is 0.0532. The summed E-state index contributed by atoms with van der Waals surface area (Å²) in [5.74, 6) is 2.44. The van der Waals surface area contributed by atoms with Gasteiger partial charge < -0.3 is 14.0 Å². The van der Waals surface area contributed by atoms with Crippen LogP contribution < -0.4 is 4.74 Å². The van der Waals surface area contributed by atoms with Crippen molar-refractivity contribution < 1.29 is 14.0 Å². The topological polar surface area (TPSA) is 44.5 Å². The number of aromatic nitrogens is 1. The molecule has 0 radical (unpaired) electrons. The summed E-state index contributed by atoms with van der Waals surface area (Å²) < 4.78 is 18.5. The van der Waals surface area contributed by atoms with Gasteiger partial charge in [-0.3, -0.25) is 0 Å². The van der Waals surface area contributed by atoms with Gasteiger partial charge in [-0.2, -0.15) is 11.8 Å². The summed E-state index contributed by atoms with van der Waals surface area (Å²) >= 11 is 1.94. The van der Waals surface area contributed by atoms with E-state index < -0.39 is 5.60 Å². The molecule has 4 rings (SSSR count). The first-order chi connectivity index (χ1) is 22.8. The third-order valence-electron chi connectivity index (χ3n) is 8.67. The van der Waals surface area contributed by atoms with Crippen LogP contribution in [0.2, 0.25) is 0 Å². The summed E-state index contributed by atoms with van der Waals surface area (Å²) in [4.78, 5) is 0. The molecule has 1 unspecified atom stereocenters. The van der Waals surface area contributed by atoms with E-state index in [-0.39, 0.29) is 6.10 Å². The maximum atomic E-state index is 7.08. The Morgan fingerprint density at radius 3 is 1.50 bits per heavy atom. The molecule has 0 fully saturated rings. The van der Waals surface area contributed by atoms with Crippen molar-refractivity contribution in [2.75, 3.05) is 18.1 Å². The Morgan fingerprint density at radius 2 is 1.07 bits per heavy atom. The molecule has 0 aliphatic rings. The van der Waals surface area contributed by atoms with E-state index in [9.17, 15) is 0 Å². The fraction of sp³-hybridized carbons (Fsp3) is 0.488. The Kier molecular flexibility index (Phi) is 16.9. The molecule has 248 valence electrons. The molecule has 0 bridgehead atoms. The second-order valence-corrected chi connectivity index (χ2v) is 13.5. The lowest BCUT2D eigenvalue weighted by Crippen LogP contribution is -2.38. The second kappa shape index (κ2) is 21.7. The Balaban J connectivity index is 1.27. The van der Waals surface area contributed by atoms with Gasteiger partial charge in [0.1, 0.15) is 18.0 Å². The zero-order valence-electron chi connectivity index (χ0n) is 28.0. The van der Waals surface area contributed by atoms with Gasteiger partial charge in [0.15, 0.2) is 0 Å². The molecule has 1 heterocycles. The maximum Gasteiger partial charge on any atom is 0.254 e. The van der Waals surface area contributed by atoms with Gasteiger partial charge in [0, 0.05) is 11.8 Å². The van der Waals surface area contributed by atoms with Crippen LogP contribution in [-0.4, -0.2) is 29.4 Å². The van der Waals surface area contributed by atoms with Gasteiger partial charge in [0.2, 0.25) is 0 Å². The normalized spacial score (nSPS) is 12.3. The molecule has 0 aliphatic heterocycles. The Labute approximate surface area is 282 Å². The van der Waals surface area contributed by atoms with Gasteiger partial charge in [-0.25, -0.2) is 0 Å². The van der Waals surface area contributed by atoms with E-state index in [1.165, 1.54) is 89.9 Å². The lowest BCUT2D eigenvalue weighted by Gasteiger charge is -2.37. The highest BCUT2D eigenvalue weighted by atomic mass is 32.2. The number of benzene rings is 3. The average Bonchev–Trinajstić information content (AvgIpc) is 3.63. The molecule has 0 aliphatic carbocycles. The van der Waals surface area contributed by atoms with Gasteiger partial charge in [-0.15, -0.1) is 0 Å². The summed E-state index contributed by atoms with van der Waals surface area (Å²) in [7, 11) is 0. The monoisotopic (exact) mass is 641 g/mol. The Morgan fingerprint density at radius 1 is 0.609 bits per heavy atom. The standard InChI is InChI=1S/C41H55NO3S/c1-2-3-4-5-6-7-8-9-10-11-12-13-14-24-33-46-35-39(45-40-31-32-44-42-40)34-43-41(36-25-18-15-19-26-36,37-27-20-16-21-28-37)38-29-22-17-23-30-38/h15-23,25-32,39H,2-14,24,33-35H2,1H3. The predicted octanol–water partition coefficient (Wildman–Crippen LogP) is 11.6. The fourth-order valence-corrected chi connectivity index (χ4v) is 7.15. The highest BCUT2D eigenvalue weighted by molar-refractivity contribution is 7.99. The molecule has 4 nitrogen and oxygen atoms in total. The number of rotatable bonds is 25. The minimum absolute atomic E-state index is 0.183. The molecule has 1 atom stereocenters. The van der Waals surface area contributed by atoms with Gasteiger partial charge in [-0.1, -0.05) is 181 Å². The summed E-state index contributed by atoms with van der Waals surface area (Å²) in [5, 5.41) is 4.04. The summed E-state index contributed by atoms with van der Waals surface area (Å²) in [5.41, 5.74) is 2.47. The van der Waals surface area contributed by atoms with Crippen LogP contribution in [0.4, 0.5) is 0 Å². The fourth-order valence-electron chi connectivity index (χ4n) is 6.15. The van der Waals surface area contributed by atoms with Crippen LogP contribution in [0.25, 0.3) is 0 Å². The maximum absolute atomic E-state index is 7.08. The summed E-state index contributed by atoms with van der Waals surface area (Å²) in [6, 6.07) is 33.3. The van der Waals surface area contributed by atoms with Crippen LogP contribution in [0, 0.1) is 0 Å². The zero-order valence-corrected chi connectivity index (χ0v) is 28.8. The Bertz CT molecular complexity index is 1170. The van der Waals surface area contributed by atoms with Crippen molar-refractivity contribution >= 4 is 11.8 Å². The lowest BCUT2D eigenvalue weighted by atomic mass is 9.80. The van der Waals surface area contributed by atoms with E-state index in [0.717, 1.165) is 28.2 Å². The molecule has 0 saturated carbocycles. The largest absolute Gasteiger partial charge is 0.469 e.